The second-order valence-corrected chi connectivity index (χ2v) is 6.02. The Balaban J connectivity index is 1.66. The maximum absolute atomic E-state index is 12.0. The summed E-state index contributed by atoms with van der Waals surface area (Å²) >= 11 is 3.27. The van der Waals surface area contributed by atoms with Crippen LogP contribution in [0, 0.1) is 0 Å². The molecule has 0 radical (unpaired) electrons. The van der Waals surface area contributed by atoms with Crippen molar-refractivity contribution in [2.45, 2.75) is 6.54 Å². The first-order valence-corrected chi connectivity index (χ1v) is 7.94. The first-order valence-electron chi connectivity index (χ1n) is 6.12. The van der Waals surface area contributed by atoms with E-state index >= 15 is 0 Å². The summed E-state index contributed by atoms with van der Waals surface area (Å²) in [5, 5.41) is 8.94. The van der Waals surface area contributed by atoms with E-state index in [1.54, 1.807) is 28.9 Å². The monoisotopic (exact) mass is 300 g/mol. The maximum Gasteiger partial charge on any atom is 0.253 e. The zero-order valence-electron chi connectivity index (χ0n) is 10.6. The van der Waals surface area contributed by atoms with Gasteiger partial charge in [-0.3, -0.25) is 9.78 Å². The zero-order chi connectivity index (χ0) is 13.8. The van der Waals surface area contributed by atoms with Crippen LogP contribution in [-0.2, 0) is 6.54 Å². The predicted octanol–water partition coefficient (Wildman–Crippen LogP) is 3.80. The Labute approximate surface area is 124 Å². The van der Waals surface area contributed by atoms with Crippen LogP contribution in [0.1, 0.15) is 15.2 Å². The van der Waals surface area contributed by atoms with Gasteiger partial charge in [0.25, 0.3) is 5.91 Å². The van der Waals surface area contributed by atoms with Crippen LogP contribution in [0.15, 0.2) is 52.7 Å². The molecule has 0 bridgehead atoms. The lowest BCUT2D eigenvalue weighted by molar-refractivity contribution is 0.0951. The van der Waals surface area contributed by atoms with E-state index < -0.39 is 0 Å². The summed E-state index contributed by atoms with van der Waals surface area (Å²) in [6.45, 7) is 0.558. The Bertz CT molecular complexity index is 673. The van der Waals surface area contributed by atoms with E-state index in [1.807, 2.05) is 46.5 Å². The van der Waals surface area contributed by atoms with Gasteiger partial charge in [0.15, 0.2) is 0 Å². The van der Waals surface area contributed by atoms with E-state index in [2.05, 4.69) is 10.3 Å². The lowest BCUT2D eigenvalue weighted by Crippen LogP contribution is -2.22. The van der Waals surface area contributed by atoms with Crippen molar-refractivity contribution in [1.82, 2.24) is 10.3 Å². The number of pyridine rings is 1. The summed E-state index contributed by atoms with van der Waals surface area (Å²) in [5.74, 6) is -0.0947. The Morgan fingerprint density at radius 1 is 1.20 bits per heavy atom. The molecule has 0 spiro atoms. The largest absolute Gasteiger partial charge is 0.347 e. The molecule has 0 saturated heterocycles. The van der Waals surface area contributed by atoms with Crippen LogP contribution in [0.25, 0.3) is 11.3 Å². The molecule has 1 N–H and O–H groups in total. The second kappa shape index (κ2) is 5.98. The van der Waals surface area contributed by atoms with Gasteiger partial charge in [-0.1, -0.05) is 6.07 Å². The van der Waals surface area contributed by atoms with Crippen LogP contribution in [0.4, 0.5) is 0 Å². The molecule has 3 rings (SSSR count). The number of hydrogen-bond donors (Lipinski definition) is 1. The molecular formula is C15H12N2OS2. The third-order valence-electron chi connectivity index (χ3n) is 2.85. The quantitative estimate of drug-likeness (QED) is 0.796. The molecule has 0 fully saturated rings. The number of carbonyl (C=O) groups excluding carboxylic acids is 1. The highest BCUT2D eigenvalue weighted by Crippen LogP contribution is 2.19. The van der Waals surface area contributed by atoms with Crippen LogP contribution in [0.3, 0.4) is 0 Å². The lowest BCUT2D eigenvalue weighted by Gasteiger charge is -2.04. The molecule has 5 heteroatoms. The molecule has 3 aromatic rings. The number of nitrogens with one attached hydrogen (secondary N) is 1. The Morgan fingerprint density at radius 2 is 2.15 bits per heavy atom. The summed E-state index contributed by atoms with van der Waals surface area (Å²) in [6, 6.07) is 9.68. The van der Waals surface area contributed by atoms with E-state index in [9.17, 15) is 4.79 Å². The van der Waals surface area contributed by atoms with Gasteiger partial charge in [-0.25, -0.2) is 0 Å². The predicted molar refractivity (Wildman–Crippen MR) is 83.0 cm³/mol. The van der Waals surface area contributed by atoms with Crippen molar-refractivity contribution in [2.75, 3.05) is 0 Å². The number of carbonyl (C=O) groups is 1. The number of thiophene rings is 2. The molecule has 3 nitrogen and oxygen atoms in total. The molecule has 0 saturated carbocycles. The molecule has 0 atom stereocenters. The molecule has 3 aromatic heterocycles. The van der Waals surface area contributed by atoms with Crippen LogP contribution >= 0.6 is 22.7 Å². The van der Waals surface area contributed by atoms with Crippen LogP contribution in [0.5, 0.6) is 0 Å². The van der Waals surface area contributed by atoms with Gasteiger partial charge in [0.1, 0.15) is 0 Å². The molecule has 0 aliphatic carbocycles. The van der Waals surface area contributed by atoms with E-state index in [1.165, 1.54) is 0 Å². The lowest BCUT2D eigenvalue weighted by atomic mass is 10.2. The Morgan fingerprint density at radius 3 is 2.80 bits per heavy atom. The van der Waals surface area contributed by atoms with E-state index in [-0.39, 0.29) is 5.91 Å². The SMILES string of the molecule is O=C(NCc1cccs1)c1ccc(-c2ccsc2)nc1. The van der Waals surface area contributed by atoms with Crippen LogP contribution in [0.2, 0.25) is 0 Å². The molecule has 0 aliphatic rings. The number of rotatable bonds is 4. The van der Waals surface area contributed by atoms with Crippen molar-refractivity contribution >= 4 is 28.6 Å². The summed E-state index contributed by atoms with van der Waals surface area (Å²) in [6.07, 6.45) is 1.62. The van der Waals surface area contributed by atoms with Crippen molar-refractivity contribution in [2.24, 2.45) is 0 Å². The highest BCUT2D eigenvalue weighted by molar-refractivity contribution is 7.09. The fourth-order valence-electron chi connectivity index (χ4n) is 1.79. The average molecular weight is 300 g/mol. The smallest absolute Gasteiger partial charge is 0.253 e. The highest BCUT2D eigenvalue weighted by Gasteiger charge is 2.07. The zero-order valence-corrected chi connectivity index (χ0v) is 12.2. The van der Waals surface area contributed by atoms with Gasteiger partial charge in [0.2, 0.25) is 0 Å². The summed E-state index contributed by atoms with van der Waals surface area (Å²) in [4.78, 5) is 17.5. The van der Waals surface area contributed by atoms with Crippen molar-refractivity contribution in [1.29, 1.82) is 0 Å². The maximum atomic E-state index is 12.0. The molecule has 100 valence electrons. The van der Waals surface area contributed by atoms with E-state index in [4.69, 9.17) is 0 Å². The van der Waals surface area contributed by atoms with Crippen LogP contribution < -0.4 is 5.32 Å². The first kappa shape index (κ1) is 13.0. The van der Waals surface area contributed by atoms with Gasteiger partial charge < -0.3 is 5.32 Å². The minimum Gasteiger partial charge on any atom is -0.347 e. The third-order valence-corrected chi connectivity index (χ3v) is 4.41. The fourth-order valence-corrected chi connectivity index (χ4v) is 3.09. The summed E-state index contributed by atoms with van der Waals surface area (Å²) in [7, 11) is 0. The normalized spacial score (nSPS) is 10.4. The molecule has 1 amide bonds. The van der Waals surface area contributed by atoms with E-state index in [0.717, 1.165) is 16.1 Å². The fraction of sp³-hybridized carbons (Fsp3) is 0.0667. The molecule has 0 aliphatic heterocycles. The molecule has 3 heterocycles. The molecular weight excluding hydrogens is 288 g/mol. The van der Waals surface area contributed by atoms with Gasteiger partial charge in [-0.05, 0) is 35.0 Å². The number of amides is 1. The summed E-state index contributed by atoms with van der Waals surface area (Å²) in [5.41, 5.74) is 2.56. The van der Waals surface area contributed by atoms with Crippen molar-refractivity contribution < 1.29 is 4.79 Å². The topological polar surface area (TPSA) is 42.0 Å². The number of nitrogens with zero attached hydrogens (tertiary/aromatic N) is 1. The van der Waals surface area contributed by atoms with Gasteiger partial charge in [-0.2, -0.15) is 11.3 Å². The minimum atomic E-state index is -0.0947. The standard InChI is InChI=1S/C15H12N2OS2/c18-15(17-9-13-2-1-6-20-13)11-3-4-14(16-8-11)12-5-7-19-10-12/h1-8,10H,9H2,(H,17,18). The van der Waals surface area contributed by atoms with Gasteiger partial charge in [0, 0.05) is 22.0 Å². The van der Waals surface area contributed by atoms with E-state index in [0.29, 0.717) is 12.1 Å². The minimum absolute atomic E-state index is 0.0947. The van der Waals surface area contributed by atoms with Gasteiger partial charge in [-0.15, -0.1) is 11.3 Å². The number of aromatic nitrogens is 1. The summed E-state index contributed by atoms with van der Waals surface area (Å²) < 4.78 is 0. The Kier molecular flexibility index (Phi) is 3.90. The third kappa shape index (κ3) is 2.95. The molecule has 0 unspecified atom stereocenters. The number of hydrogen-bond acceptors (Lipinski definition) is 4. The van der Waals surface area contributed by atoms with Gasteiger partial charge >= 0.3 is 0 Å². The molecule has 20 heavy (non-hydrogen) atoms. The van der Waals surface area contributed by atoms with Crippen molar-refractivity contribution in [3.05, 3.63) is 63.1 Å². The van der Waals surface area contributed by atoms with Crippen LogP contribution in [-0.4, -0.2) is 10.9 Å². The highest BCUT2D eigenvalue weighted by atomic mass is 32.1. The van der Waals surface area contributed by atoms with Gasteiger partial charge in [0.05, 0.1) is 17.8 Å². The first-order chi connectivity index (χ1) is 9.83. The Hall–Kier alpha value is -1.98. The molecule has 0 aromatic carbocycles. The van der Waals surface area contributed by atoms with Crippen molar-refractivity contribution in [3.8, 4) is 11.3 Å². The average Bonchev–Trinajstić information content (AvgIpc) is 3.18. The second-order valence-electron chi connectivity index (χ2n) is 4.21. The van der Waals surface area contributed by atoms with Crippen molar-refractivity contribution in [3.63, 3.8) is 0 Å².